The minimum Gasteiger partial charge on any atom is -0.385 e. The van der Waals surface area contributed by atoms with Gasteiger partial charge in [-0.25, -0.2) is 0 Å². The quantitative estimate of drug-likeness (QED) is 0.654. The first-order valence-electron chi connectivity index (χ1n) is 4.26. The number of aromatic nitrogens is 3. The maximum atomic E-state index is 11.5. The van der Waals surface area contributed by atoms with E-state index in [0.717, 1.165) is 12.8 Å². The molecule has 1 aliphatic carbocycles. The number of nitrogens with zero attached hydrogens (tertiary/aromatic N) is 3. The van der Waals surface area contributed by atoms with Gasteiger partial charge in [0, 0.05) is 7.05 Å². The van der Waals surface area contributed by atoms with Crippen molar-refractivity contribution in [2.75, 3.05) is 0 Å². The standard InChI is InChI=1S/C8H11N3O2/c1-11-4-9-10-8(11)7(13)6(12)5-2-3-5/h4-6,12H,2-3H2,1H3. The zero-order chi connectivity index (χ0) is 9.42. The largest absolute Gasteiger partial charge is 0.385 e. The van der Waals surface area contributed by atoms with Crippen LogP contribution < -0.4 is 0 Å². The summed E-state index contributed by atoms with van der Waals surface area (Å²) in [6, 6.07) is 0. The zero-order valence-electron chi connectivity index (χ0n) is 7.34. The Balaban J connectivity index is 2.16. The molecular formula is C8H11N3O2. The molecule has 1 aromatic heterocycles. The van der Waals surface area contributed by atoms with Crippen molar-refractivity contribution in [1.82, 2.24) is 14.8 Å². The molecule has 0 aliphatic heterocycles. The molecule has 0 aromatic carbocycles. The molecular weight excluding hydrogens is 170 g/mol. The van der Waals surface area contributed by atoms with Crippen LogP contribution in [0.25, 0.3) is 0 Å². The lowest BCUT2D eigenvalue weighted by atomic mass is 10.1. The van der Waals surface area contributed by atoms with Crippen molar-refractivity contribution in [3.63, 3.8) is 0 Å². The molecule has 0 amide bonds. The number of hydrogen-bond donors (Lipinski definition) is 1. The average molecular weight is 181 g/mol. The molecule has 0 saturated heterocycles. The molecule has 1 heterocycles. The van der Waals surface area contributed by atoms with Gasteiger partial charge in [-0.05, 0) is 18.8 Å². The lowest BCUT2D eigenvalue weighted by Crippen LogP contribution is -2.25. The fourth-order valence-corrected chi connectivity index (χ4v) is 1.26. The third-order valence-electron chi connectivity index (χ3n) is 2.27. The Hall–Kier alpha value is -1.23. The number of aliphatic hydroxyl groups is 1. The van der Waals surface area contributed by atoms with E-state index < -0.39 is 6.10 Å². The zero-order valence-corrected chi connectivity index (χ0v) is 7.34. The summed E-state index contributed by atoms with van der Waals surface area (Å²) in [5.74, 6) is 0.0612. The highest BCUT2D eigenvalue weighted by Gasteiger charge is 2.36. The normalized spacial score (nSPS) is 18.6. The van der Waals surface area contributed by atoms with Crippen LogP contribution in [0.1, 0.15) is 23.5 Å². The predicted octanol–water partition coefficient (Wildman–Crippen LogP) is -0.231. The van der Waals surface area contributed by atoms with Gasteiger partial charge in [0.25, 0.3) is 0 Å². The highest BCUT2D eigenvalue weighted by Crippen LogP contribution is 2.33. The van der Waals surface area contributed by atoms with Crippen LogP contribution in [0, 0.1) is 5.92 Å². The van der Waals surface area contributed by atoms with Gasteiger partial charge in [0.1, 0.15) is 12.4 Å². The number of aryl methyl sites for hydroxylation is 1. The summed E-state index contributed by atoms with van der Waals surface area (Å²) < 4.78 is 1.52. The number of carbonyl (C=O) groups is 1. The van der Waals surface area contributed by atoms with Crippen molar-refractivity contribution in [1.29, 1.82) is 0 Å². The van der Waals surface area contributed by atoms with Crippen molar-refractivity contribution in [3.8, 4) is 0 Å². The van der Waals surface area contributed by atoms with Gasteiger partial charge in [0.2, 0.25) is 11.6 Å². The van der Waals surface area contributed by atoms with E-state index in [1.807, 2.05) is 0 Å². The molecule has 0 spiro atoms. The Labute approximate surface area is 75.4 Å². The third kappa shape index (κ3) is 1.47. The number of ketones is 1. The van der Waals surface area contributed by atoms with Gasteiger partial charge in [-0.3, -0.25) is 4.79 Å². The third-order valence-corrected chi connectivity index (χ3v) is 2.27. The van der Waals surface area contributed by atoms with Crippen molar-refractivity contribution < 1.29 is 9.90 Å². The summed E-state index contributed by atoms with van der Waals surface area (Å²) in [5.41, 5.74) is 0. The summed E-state index contributed by atoms with van der Waals surface area (Å²) in [6.07, 6.45) is 2.44. The SMILES string of the molecule is Cn1cnnc1C(=O)C(O)C1CC1. The minimum absolute atomic E-state index is 0.143. The van der Waals surface area contributed by atoms with Gasteiger partial charge >= 0.3 is 0 Å². The van der Waals surface area contributed by atoms with Crippen LogP contribution in [0.5, 0.6) is 0 Å². The topological polar surface area (TPSA) is 68.0 Å². The number of carbonyl (C=O) groups excluding carboxylic acids is 1. The molecule has 13 heavy (non-hydrogen) atoms. The van der Waals surface area contributed by atoms with Crippen LogP contribution >= 0.6 is 0 Å². The van der Waals surface area contributed by atoms with E-state index in [9.17, 15) is 9.90 Å². The molecule has 1 N–H and O–H groups in total. The van der Waals surface area contributed by atoms with Gasteiger partial charge < -0.3 is 9.67 Å². The van der Waals surface area contributed by atoms with Crippen molar-refractivity contribution in [2.45, 2.75) is 18.9 Å². The first-order chi connectivity index (χ1) is 6.20. The van der Waals surface area contributed by atoms with Crippen LogP contribution in [-0.2, 0) is 7.05 Å². The maximum Gasteiger partial charge on any atom is 0.228 e. The van der Waals surface area contributed by atoms with Crippen LogP contribution in [0.15, 0.2) is 6.33 Å². The molecule has 70 valence electrons. The second kappa shape index (κ2) is 2.92. The first-order valence-corrected chi connectivity index (χ1v) is 4.26. The summed E-state index contributed by atoms with van der Waals surface area (Å²) in [5, 5.41) is 16.8. The van der Waals surface area contributed by atoms with E-state index >= 15 is 0 Å². The Morgan fingerprint density at radius 2 is 2.46 bits per heavy atom. The van der Waals surface area contributed by atoms with Gasteiger partial charge in [-0.15, -0.1) is 10.2 Å². The van der Waals surface area contributed by atoms with E-state index in [-0.39, 0.29) is 17.5 Å². The van der Waals surface area contributed by atoms with E-state index in [0.29, 0.717) is 0 Å². The molecule has 0 radical (unpaired) electrons. The van der Waals surface area contributed by atoms with E-state index in [1.54, 1.807) is 7.05 Å². The smallest absolute Gasteiger partial charge is 0.228 e. The highest BCUT2D eigenvalue weighted by atomic mass is 16.3. The average Bonchev–Trinajstić information content (AvgIpc) is 2.87. The van der Waals surface area contributed by atoms with Crippen molar-refractivity contribution >= 4 is 5.78 Å². The predicted molar refractivity (Wildman–Crippen MR) is 44.1 cm³/mol. The first kappa shape index (κ1) is 8.37. The summed E-state index contributed by atoms with van der Waals surface area (Å²) >= 11 is 0. The molecule has 5 nitrogen and oxygen atoms in total. The lowest BCUT2D eigenvalue weighted by Gasteiger charge is -2.05. The molecule has 1 unspecified atom stereocenters. The molecule has 1 atom stereocenters. The second-order valence-electron chi connectivity index (χ2n) is 3.41. The molecule has 1 aliphatic rings. The number of aliphatic hydroxyl groups excluding tert-OH is 1. The van der Waals surface area contributed by atoms with Crippen LogP contribution in [0.4, 0.5) is 0 Å². The van der Waals surface area contributed by atoms with E-state index in [2.05, 4.69) is 10.2 Å². The van der Waals surface area contributed by atoms with Gasteiger partial charge in [-0.1, -0.05) is 0 Å². The Bertz CT molecular complexity index is 330. The Morgan fingerprint density at radius 1 is 1.77 bits per heavy atom. The number of hydrogen-bond acceptors (Lipinski definition) is 4. The molecule has 1 aromatic rings. The Kier molecular flexibility index (Phi) is 1.88. The fraction of sp³-hybridized carbons (Fsp3) is 0.625. The van der Waals surface area contributed by atoms with E-state index in [1.165, 1.54) is 10.9 Å². The molecule has 0 bridgehead atoms. The van der Waals surface area contributed by atoms with Gasteiger partial charge in [0.15, 0.2) is 0 Å². The van der Waals surface area contributed by atoms with Gasteiger partial charge in [0.05, 0.1) is 0 Å². The molecule has 5 heteroatoms. The van der Waals surface area contributed by atoms with Crippen molar-refractivity contribution in [2.24, 2.45) is 13.0 Å². The summed E-state index contributed by atoms with van der Waals surface area (Å²) in [4.78, 5) is 11.5. The monoisotopic (exact) mass is 181 g/mol. The minimum atomic E-state index is -0.886. The van der Waals surface area contributed by atoms with Gasteiger partial charge in [-0.2, -0.15) is 0 Å². The molecule has 1 saturated carbocycles. The van der Waals surface area contributed by atoms with E-state index in [4.69, 9.17) is 0 Å². The lowest BCUT2D eigenvalue weighted by molar-refractivity contribution is 0.0688. The maximum absolute atomic E-state index is 11.5. The summed E-state index contributed by atoms with van der Waals surface area (Å²) in [6.45, 7) is 0. The Morgan fingerprint density at radius 3 is 2.92 bits per heavy atom. The van der Waals surface area contributed by atoms with Crippen LogP contribution in [-0.4, -0.2) is 31.8 Å². The highest BCUT2D eigenvalue weighted by molar-refractivity contribution is 5.96. The summed E-state index contributed by atoms with van der Waals surface area (Å²) in [7, 11) is 1.69. The number of rotatable bonds is 3. The second-order valence-corrected chi connectivity index (χ2v) is 3.41. The fourth-order valence-electron chi connectivity index (χ4n) is 1.26. The van der Waals surface area contributed by atoms with Crippen LogP contribution in [0.2, 0.25) is 0 Å². The molecule has 1 fully saturated rings. The number of Topliss-reactive ketones (excluding diaryl/α,β-unsaturated/α-hetero) is 1. The van der Waals surface area contributed by atoms with Crippen LogP contribution in [0.3, 0.4) is 0 Å². The van der Waals surface area contributed by atoms with Crippen molar-refractivity contribution in [3.05, 3.63) is 12.2 Å². The molecule has 2 rings (SSSR count).